The van der Waals surface area contributed by atoms with Crippen LogP contribution >= 0.6 is 0 Å². The second kappa shape index (κ2) is 4.76. The van der Waals surface area contributed by atoms with Crippen LogP contribution in [-0.2, 0) is 0 Å². The van der Waals surface area contributed by atoms with Crippen LogP contribution in [0, 0.1) is 71.0 Å². The average Bonchev–Trinajstić information content (AvgIpc) is 3.32. The summed E-state index contributed by atoms with van der Waals surface area (Å²) in [6.07, 6.45) is 3.61. The molecule has 4 heteroatoms. The Hall–Kier alpha value is -0.160. The first-order valence-electron chi connectivity index (χ1n) is 10.3. The number of aliphatic hydroxyl groups is 4. The van der Waals surface area contributed by atoms with Crippen molar-refractivity contribution in [3.05, 3.63) is 0 Å². The quantitative estimate of drug-likeness (QED) is 0.600. The molecule has 0 heterocycles. The molecule has 4 N–H and O–H groups in total. The normalized spacial score (nSPS) is 68.5. The van der Waals surface area contributed by atoms with Crippen LogP contribution in [0.3, 0.4) is 0 Å². The van der Waals surface area contributed by atoms with Gasteiger partial charge in [0.1, 0.15) is 0 Å². The van der Waals surface area contributed by atoms with E-state index in [4.69, 9.17) is 0 Å². The lowest BCUT2D eigenvalue weighted by molar-refractivity contribution is 0.0234. The second-order valence-corrected chi connectivity index (χ2v) is 9.93. The highest BCUT2D eigenvalue weighted by molar-refractivity contribution is 5.24. The van der Waals surface area contributed by atoms with Gasteiger partial charge in [-0.05, 0) is 96.7 Å². The molecule has 24 heavy (non-hydrogen) atoms. The fourth-order valence-electron chi connectivity index (χ4n) is 10.0. The molecule has 0 unspecified atom stereocenters. The summed E-state index contributed by atoms with van der Waals surface area (Å²) in [5.41, 5.74) is 0. The van der Waals surface area contributed by atoms with Crippen LogP contribution in [0.25, 0.3) is 0 Å². The standard InChI is InChI=1S/C20H30O4/c21-5-9-13-7-1-3-11(23)15(7)17-10(6-22)14-8-2-4-12(24)16(8)18(9)20(14)19(13)17/h7-24H,1-6H2/t7-,8-,9-,10+,11-,12-,13+,14-,15-,16+,17+,18+,19-,20-/m0/s1. The Labute approximate surface area is 143 Å². The van der Waals surface area contributed by atoms with Gasteiger partial charge in [-0.1, -0.05) is 0 Å². The van der Waals surface area contributed by atoms with Gasteiger partial charge in [0.05, 0.1) is 12.2 Å². The first kappa shape index (κ1) is 15.0. The first-order valence-corrected chi connectivity index (χ1v) is 10.3. The van der Waals surface area contributed by atoms with Gasteiger partial charge in [0.15, 0.2) is 0 Å². The highest BCUT2D eigenvalue weighted by Crippen LogP contribution is 2.79. The summed E-state index contributed by atoms with van der Waals surface area (Å²) in [5, 5.41) is 41.9. The van der Waals surface area contributed by atoms with Crippen LogP contribution in [0.2, 0.25) is 0 Å². The predicted molar refractivity (Wildman–Crippen MR) is 86.5 cm³/mol. The summed E-state index contributed by atoms with van der Waals surface area (Å²) >= 11 is 0. The Bertz CT molecular complexity index is 504. The van der Waals surface area contributed by atoms with Crippen molar-refractivity contribution >= 4 is 0 Å². The van der Waals surface area contributed by atoms with E-state index in [1.165, 1.54) is 0 Å². The SMILES string of the molecule is OC[C@@H]1[C@@H]2[C@@H]3CC[C@H](O)[C@@H]3[C@H]3[C@@H](CO)[C@H]4[C@@H]5CC[C@H](O)[C@H]5[C@@H]1[C@H]4[C@@H]23. The minimum Gasteiger partial charge on any atom is -0.396 e. The topological polar surface area (TPSA) is 80.9 Å². The predicted octanol–water partition coefficient (Wildman–Crippen LogP) is 0.729. The summed E-state index contributed by atoms with van der Waals surface area (Å²) in [7, 11) is 0. The van der Waals surface area contributed by atoms with Crippen LogP contribution in [0.15, 0.2) is 0 Å². The Balaban J connectivity index is 1.50. The van der Waals surface area contributed by atoms with E-state index >= 15 is 0 Å². The second-order valence-electron chi connectivity index (χ2n) is 9.93. The van der Waals surface area contributed by atoms with Crippen molar-refractivity contribution in [1.29, 1.82) is 0 Å². The molecular formula is C20H30O4. The van der Waals surface area contributed by atoms with Crippen LogP contribution in [0.5, 0.6) is 0 Å². The number of aliphatic hydroxyl groups excluding tert-OH is 4. The Kier molecular flexibility index (Phi) is 2.97. The zero-order chi connectivity index (χ0) is 16.3. The third kappa shape index (κ3) is 1.42. The van der Waals surface area contributed by atoms with Gasteiger partial charge in [-0.2, -0.15) is 0 Å². The lowest BCUT2D eigenvalue weighted by Gasteiger charge is -2.34. The smallest absolute Gasteiger partial charge is 0.0574 e. The lowest BCUT2D eigenvalue weighted by atomic mass is 9.72. The molecule has 0 radical (unpaired) electrons. The minimum absolute atomic E-state index is 0.193. The van der Waals surface area contributed by atoms with Crippen molar-refractivity contribution in [1.82, 2.24) is 0 Å². The summed E-state index contributed by atoms with van der Waals surface area (Å²) < 4.78 is 0. The monoisotopic (exact) mass is 334 g/mol. The molecular weight excluding hydrogens is 304 g/mol. The molecule has 4 nitrogen and oxygen atoms in total. The molecule has 0 aromatic carbocycles. The molecule has 6 fully saturated rings. The van der Waals surface area contributed by atoms with Gasteiger partial charge < -0.3 is 20.4 Å². The van der Waals surface area contributed by atoms with Crippen molar-refractivity contribution in [3.8, 4) is 0 Å². The summed E-state index contributed by atoms with van der Waals surface area (Å²) in [5.74, 6) is 5.66. The van der Waals surface area contributed by atoms with E-state index < -0.39 is 0 Å². The number of fused-ring (bicyclic) bond motifs is 6. The van der Waals surface area contributed by atoms with Gasteiger partial charge in [0, 0.05) is 13.2 Å². The van der Waals surface area contributed by atoms with Crippen LogP contribution in [0.1, 0.15) is 25.7 Å². The van der Waals surface area contributed by atoms with E-state index in [0.717, 1.165) is 25.7 Å². The third-order valence-corrected chi connectivity index (χ3v) is 9.97. The number of hydrogen-bond donors (Lipinski definition) is 4. The Morgan fingerprint density at radius 2 is 0.917 bits per heavy atom. The van der Waals surface area contributed by atoms with Gasteiger partial charge in [-0.3, -0.25) is 0 Å². The van der Waals surface area contributed by atoms with Crippen molar-refractivity contribution in [2.75, 3.05) is 13.2 Å². The number of rotatable bonds is 2. The summed E-state index contributed by atoms with van der Waals surface area (Å²) in [6.45, 7) is 0.502. The molecule has 134 valence electrons. The van der Waals surface area contributed by atoms with Crippen molar-refractivity contribution in [2.24, 2.45) is 71.0 Å². The molecule has 6 aliphatic carbocycles. The highest BCUT2D eigenvalue weighted by Gasteiger charge is 2.77. The van der Waals surface area contributed by atoms with Crippen molar-refractivity contribution < 1.29 is 20.4 Å². The zero-order valence-corrected chi connectivity index (χ0v) is 14.1. The van der Waals surface area contributed by atoms with E-state index in [9.17, 15) is 20.4 Å². The van der Waals surface area contributed by atoms with Gasteiger partial charge >= 0.3 is 0 Å². The fraction of sp³-hybridized carbons (Fsp3) is 1.00. The molecule has 0 amide bonds. The van der Waals surface area contributed by atoms with Gasteiger partial charge in [0.25, 0.3) is 0 Å². The summed E-state index contributed by atoms with van der Waals surface area (Å²) in [4.78, 5) is 0. The van der Waals surface area contributed by atoms with Crippen molar-refractivity contribution in [3.63, 3.8) is 0 Å². The highest BCUT2D eigenvalue weighted by atomic mass is 16.3. The maximum Gasteiger partial charge on any atom is 0.0574 e. The molecule has 14 atom stereocenters. The minimum atomic E-state index is -0.193. The third-order valence-electron chi connectivity index (χ3n) is 9.97. The molecule has 6 saturated carbocycles. The molecule has 0 aliphatic heterocycles. The first-order chi connectivity index (χ1) is 11.7. The molecule has 0 bridgehead atoms. The van der Waals surface area contributed by atoms with Crippen LogP contribution in [0.4, 0.5) is 0 Å². The maximum absolute atomic E-state index is 10.7. The zero-order valence-electron chi connectivity index (χ0n) is 14.1. The van der Waals surface area contributed by atoms with E-state index in [1.807, 2.05) is 0 Å². The van der Waals surface area contributed by atoms with Crippen molar-refractivity contribution in [2.45, 2.75) is 37.9 Å². The Morgan fingerprint density at radius 1 is 0.500 bits per heavy atom. The van der Waals surface area contributed by atoms with Gasteiger partial charge in [0.2, 0.25) is 0 Å². The fourth-order valence-corrected chi connectivity index (χ4v) is 10.0. The van der Waals surface area contributed by atoms with E-state index in [0.29, 0.717) is 71.0 Å². The maximum atomic E-state index is 10.7. The van der Waals surface area contributed by atoms with Crippen LogP contribution < -0.4 is 0 Å². The molecule has 0 spiro atoms. The van der Waals surface area contributed by atoms with Gasteiger partial charge in [-0.15, -0.1) is 0 Å². The molecule has 6 rings (SSSR count). The largest absolute Gasteiger partial charge is 0.396 e. The molecule has 0 aromatic heterocycles. The van der Waals surface area contributed by atoms with E-state index in [-0.39, 0.29) is 25.4 Å². The average molecular weight is 334 g/mol. The molecule has 6 aliphatic rings. The molecule has 0 saturated heterocycles. The van der Waals surface area contributed by atoms with Crippen LogP contribution in [-0.4, -0.2) is 45.8 Å². The molecule has 0 aromatic rings. The van der Waals surface area contributed by atoms with Gasteiger partial charge in [-0.25, -0.2) is 0 Å². The van der Waals surface area contributed by atoms with E-state index in [1.54, 1.807) is 0 Å². The lowest BCUT2D eigenvalue weighted by Crippen LogP contribution is -2.35. The number of hydrogen-bond acceptors (Lipinski definition) is 4. The Morgan fingerprint density at radius 3 is 1.29 bits per heavy atom. The van der Waals surface area contributed by atoms with E-state index in [2.05, 4.69) is 0 Å². The summed E-state index contributed by atoms with van der Waals surface area (Å²) in [6, 6.07) is 0.